The fraction of sp³-hybridized carbons (Fsp3) is 0.500. The molecule has 0 atom stereocenters. The summed E-state index contributed by atoms with van der Waals surface area (Å²) in [4.78, 5) is 22.7. The first-order valence-electron chi connectivity index (χ1n) is 5.40. The van der Waals surface area contributed by atoms with Crippen molar-refractivity contribution in [3.05, 3.63) is 34.2 Å². The molecule has 5 nitrogen and oxygen atoms in total. The highest BCUT2D eigenvalue weighted by Crippen LogP contribution is 2.06. The van der Waals surface area contributed by atoms with Gasteiger partial charge in [-0.2, -0.15) is 0 Å². The van der Waals surface area contributed by atoms with E-state index in [4.69, 9.17) is 4.74 Å². The van der Waals surface area contributed by atoms with Crippen LogP contribution in [0.2, 0.25) is 0 Å². The van der Waals surface area contributed by atoms with E-state index in [1.54, 1.807) is 40.1 Å². The highest BCUT2D eigenvalue weighted by atomic mass is 16.6. The number of pyridine rings is 1. The number of rotatable bonds is 2. The molecule has 0 radical (unpaired) electrons. The van der Waals surface area contributed by atoms with Gasteiger partial charge >= 0.3 is 6.09 Å². The van der Waals surface area contributed by atoms with E-state index in [0.717, 1.165) is 5.56 Å². The van der Waals surface area contributed by atoms with E-state index in [1.807, 2.05) is 0 Å². The maximum atomic E-state index is 11.4. The highest BCUT2D eigenvalue weighted by Gasteiger charge is 2.15. The summed E-state index contributed by atoms with van der Waals surface area (Å²) >= 11 is 0. The molecule has 1 N–H and O–H groups in total. The molecule has 0 unspecified atom stereocenters. The minimum atomic E-state index is -0.517. The van der Waals surface area contributed by atoms with Gasteiger partial charge in [0.05, 0.1) is 0 Å². The maximum absolute atomic E-state index is 11.4. The van der Waals surface area contributed by atoms with Crippen LogP contribution < -0.4 is 10.9 Å². The zero-order chi connectivity index (χ0) is 13.1. The van der Waals surface area contributed by atoms with Crippen LogP contribution in [0.4, 0.5) is 4.79 Å². The normalized spacial score (nSPS) is 11.1. The summed E-state index contributed by atoms with van der Waals surface area (Å²) in [6, 6.07) is 3.26. The SMILES string of the molecule is Cn1ccc(CNC(=O)OC(C)(C)C)cc1=O. The number of amides is 1. The lowest BCUT2D eigenvalue weighted by atomic mass is 10.2. The summed E-state index contributed by atoms with van der Waals surface area (Å²) in [5.74, 6) is 0. The van der Waals surface area contributed by atoms with Gasteiger partial charge in [0.25, 0.3) is 5.56 Å². The van der Waals surface area contributed by atoms with E-state index >= 15 is 0 Å². The minimum Gasteiger partial charge on any atom is -0.444 e. The van der Waals surface area contributed by atoms with E-state index in [1.165, 1.54) is 10.6 Å². The van der Waals surface area contributed by atoms with Crippen LogP contribution >= 0.6 is 0 Å². The van der Waals surface area contributed by atoms with Gasteiger partial charge in [-0.1, -0.05) is 0 Å². The molecule has 1 aromatic rings. The van der Waals surface area contributed by atoms with Gasteiger partial charge in [-0.15, -0.1) is 0 Å². The van der Waals surface area contributed by atoms with Crippen LogP contribution in [-0.2, 0) is 18.3 Å². The van der Waals surface area contributed by atoms with E-state index in [0.29, 0.717) is 0 Å². The number of alkyl carbamates (subject to hydrolysis) is 1. The van der Waals surface area contributed by atoms with Crippen molar-refractivity contribution < 1.29 is 9.53 Å². The Balaban J connectivity index is 2.53. The molecule has 0 aromatic carbocycles. The summed E-state index contributed by atoms with van der Waals surface area (Å²) in [7, 11) is 1.67. The molecule has 1 amide bonds. The Morgan fingerprint density at radius 2 is 2.12 bits per heavy atom. The van der Waals surface area contributed by atoms with Crippen molar-refractivity contribution in [1.29, 1.82) is 0 Å². The molecular formula is C12H18N2O3. The average molecular weight is 238 g/mol. The number of carbonyl (C=O) groups excluding carboxylic acids is 1. The van der Waals surface area contributed by atoms with Crippen LogP contribution in [0.15, 0.2) is 23.1 Å². The number of aryl methyl sites for hydroxylation is 1. The van der Waals surface area contributed by atoms with Crippen molar-refractivity contribution >= 4 is 6.09 Å². The first-order valence-corrected chi connectivity index (χ1v) is 5.40. The Morgan fingerprint density at radius 3 is 2.65 bits per heavy atom. The largest absolute Gasteiger partial charge is 0.444 e. The molecule has 94 valence electrons. The van der Waals surface area contributed by atoms with Crippen LogP contribution in [0.5, 0.6) is 0 Å². The van der Waals surface area contributed by atoms with Crippen LogP contribution in [0.1, 0.15) is 26.3 Å². The van der Waals surface area contributed by atoms with E-state index in [9.17, 15) is 9.59 Å². The van der Waals surface area contributed by atoms with Crippen molar-refractivity contribution in [3.8, 4) is 0 Å². The number of hydrogen-bond acceptors (Lipinski definition) is 3. The Kier molecular flexibility index (Phi) is 3.93. The molecule has 17 heavy (non-hydrogen) atoms. The second-order valence-electron chi connectivity index (χ2n) is 4.84. The first kappa shape index (κ1) is 13.3. The van der Waals surface area contributed by atoms with Gasteiger partial charge in [0, 0.05) is 25.9 Å². The van der Waals surface area contributed by atoms with E-state index < -0.39 is 11.7 Å². The van der Waals surface area contributed by atoms with Gasteiger partial charge in [-0.3, -0.25) is 4.79 Å². The first-order chi connectivity index (χ1) is 7.78. The molecule has 0 fully saturated rings. The third kappa shape index (κ3) is 4.72. The van der Waals surface area contributed by atoms with E-state index in [-0.39, 0.29) is 12.1 Å². The van der Waals surface area contributed by atoms with Crippen molar-refractivity contribution in [2.45, 2.75) is 32.9 Å². The van der Waals surface area contributed by atoms with Crippen molar-refractivity contribution in [2.75, 3.05) is 0 Å². The summed E-state index contributed by atoms with van der Waals surface area (Å²) < 4.78 is 6.55. The fourth-order valence-corrected chi connectivity index (χ4v) is 1.19. The molecule has 5 heteroatoms. The number of nitrogens with one attached hydrogen (secondary N) is 1. The Hall–Kier alpha value is -1.78. The van der Waals surface area contributed by atoms with Crippen LogP contribution in [-0.4, -0.2) is 16.3 Å². The Labute approximate surface area is 100 Å². The highest BCUT2D eigenvalue weighted by molar-refractivity contribution is 5.67. The molecule has 0 saturated heterocycles. The summed E-state index contributed by atoms with van der Waals surface area (Å²) in [6.45, 7) is 5.67. The minimum absolute atomic E-state index is 0.103. The topological polar surface area (TPSA) is 60.3 Å². The predicted molar refractivity (Wildman–Crippen MR) is 64.8 cm³/mol. The molecule has 1 heterocycles. The molecule has 0 spiro atoms. The summed E-state index contributed by atoms with van der Waals surface area (Å²) in [5, 5.41) is 2.59. The molecule has 0 bridgehead atoms. The number of carbonyl (C=O) groups is 1. The fourth-order valence-electron chi connectivity index (χ4n) is 1.19. The van der Waals surface area contributed by atoms with Gasteiger partial charge in [0.15, 0.2) is 0 Å². The lowest BCUT2D eigenvalue weighted by Crippen LogP contribution is -2.32. The van der Waals surface area contributed by atoms with Crippen molar-refractivity contribution in [3.63, 3.8) is 0 Å². The second-order valence-corrected chi connectivity index (χ2v) is 4.84. The molecule has 0 aliphatic carbocycles. The molecule has 0 aliphatic rings. The van der Waals surface area contributed by atoms with Gasteiger partial charge in [0.1, 0.15) is 5.60 Å². The van der Waals surface area contributed by atoms with Crippen LogP contribution in [0.3, 0.4) is 0 Å². The van der Waals surface area contributed by atoms with Gasteiger partial charge in [-0.25, -0.2) is 4.79 Å². The van der Waals surface area contributed by atoms with Crippen molar-refractivity contribution in [1.82, 2.24) is 9.88 Å². The lowest BCUT2D eigenvalue weighted by molar-refractivity contribution is 0.0523. The zero-order valence-corrected chi connectivity index (χ0v) is 10.6. The van der Waals surface area contributed by atoms with Gasteiger partial charge in [-0.05, 0) is 32.4 Å². The third-order valence-corrected chi connectivity index (χ3v) is 2.00. The number of nitrogens with zero attached hydrogens (tertiary/aromatic N) is 1. The van der Waals surface area contributed by atoms with Crippen molar-refractivity contribution in [2.24, 2.45) is 7.05 Å². The summed E-state index contributed by atoms with van der Waals surface area (Å²) in [6.07, 6.45) is 1.17. The standard InChI is InChI=1S/C12H18N2O3/c1-12(2,3)17-11(16)13-8-9-5-6-14(4)10(15)7-9/h5-7H,8H2,1-4H3,(H,13,16). The van der Waals surface area contributed by atoms with Crippen LogP contribution in [0, 0.1) is 0 Å². The number of ether oxygens (including phenoxy) is 1. The molecule has 1 rings (SSSR count). The molecule has 1 aromatic heterocycles. The zero-order valence-electron chi connectivity index (χ0n) is 10.6. The van der Waals surface area contributed by atoms with Gasteiger partial charge in [0.2, 0.25) is 0 Å². The Morgan fingerprint density at radius 1 is 1.47 bits per heavy atom. The molecule has 0 aliphatic heterocycles. The average Bonchev–Trinajstić information content (AvgIpc) is 2.17. The van der Waals surface area contributed by atoms with E-state index in [2.05, 4.69) is 5.32 Å². The predicted octanol–water partition coefficient (Wildman–Crippen LogP) is 1.41. The van der Waals surface area contributed by atoms with Crippen LogP contribution in [0.25, 0.3) is 0 Å². The van der Waals surface area contributed by atoms with Gasteiger partial charge < -0.3 is 14.6 Å². The lowest BCUT2D eigenvalue weighted by Gasteiger charge is -2.19. The third-order valence-electron chi connectivity index (χ3n) is 2.00. The smallest absolute Gasteiger partial charge is 0.407 e. The Bertz CT molecular complexity index is 458. The monoisotopic (exact) mass is 238 g/mol. The number of hydrogen-bond donors (Lipinski definition) is 1. The molecule has 0 saturated carbocycles. The quantitative estimate of drug-likeness (QED) is 0.847. The maximum Gasteiger partial charge on any atom is 0.407 e. The second kappa shape index (κ2) is 5.03. The number of aromatic nitrogens is 1. The molecular weight excluding hydrogens is 220 g/mol. The summed E-state index contributed by atoms with van der Waals surface area (Å²) in [5.41, 5.74) is 0.129.